The minimum atomic E-state index is -3.51. The topological polar surface area (TPSA) is 72.6 Å². The second-order valence-corrected chi connectivity index (χ2v) is 7.56. The van der Waals surface area contributed by atoms with Gasteiger partial charge in [-0.3, -0.25) is 0 Å². The van der Waals surface area contributed by atoms with Crippen molar-refractivity contribution in [1.82, 2.24) is 4.31 Å². The summed E-state index contributed by atoms with van der Waals surface area (Å²) in [7, 11) is -1.93. The first-order valence-corrected chi connectivity index (χ1v) is 8.74. The Labute approximate surface area is 127 Å². The quantitative estimate of drug-likeness (QED) is 0.921. The lowest BCUT2D eigenvalue weighted by Gasteiger charge is -2.37. The van der Waals surface area contributed by atoms with Gasteiger partial charge in [-0.25, -0.2) is 8.42 Å². The van der Waals surface area contributed by atoms with E-state index < -0.39 is 10.0 Å². The molecule has 0 amide bonds. The van der Waals surface area contributed by atoms with Gasteiger partial charge in [0.05, 0.1) is 12.0 Å². The van der Waals surface area contributed by atoms with Crippen molar-refractivity contribution in [1.29, 1.82) is 0 Å². The largest absolute Gasteiger partial charge is 0.496 e. The molecule has 1 aliphatic rings. The van der Waals surface area contributed by atoms with Gasteiger partial charge in [-0.1, -0.05) is 6.42 Å². The Morgan fingerprint density at radius 1 is 1.38 bits per heavy atom. The molecule has 21 heavy (non-hydrogen) atoms. The predicted octanol–water partition coefficient (Wildman–Crippen LogP) is 1.89. The highest BCUT2D eigenvalue weighted by Gasteiger charge is 2.35. The molecule has 1 saturated heterocycles. The molecule has 1 heterocycles. The molecule has 0 bridgehead atoms. The molecule has 2 atom stereocenters. The highest BCUT2D eigenvalue weighted by molar-refractivity contribution is 7.89. The summed E-state index contributed by atoms with van der Waals surface area (Å²) in [4.78, 5) is 0.313. The number of nitrogens with zero attached hydrogens (tertiary/aromatic N) is 1. The van der Waals surface area contributed by atoms with Crippen LogP contribution in [-0.4, -0.2) is 38.5 Å². The van der Waals surface area contributed by atoms with Crippen molar-refractivity contribution in [2.24, 2.45) is 5.73 Å². The van der Waals surface area contributed by atoms with Crippen LogP contribution in [0.2, 0.25) is 0 Å². The van der Waals surface area contributed by atoms with E-state index in [1.54, 1.807) is 29.6 Å². The van der Waals surface area contributed by atoms with Gasteiger partial charge in [0.1, 0.15) is 5.75 Å². The van der Waals surface area contributed by atoms with Crippen LogP contribution in [0.25, 0.3) is 0 Å². The van der Waals surface area contributed by atoms with Crippen LogP contribution < -0.4 is 10.5 Å². The van der Waals surface area contributed by atoms with Gasteiger partial charge in [0.25, 0.3) is 0 Å². The summed E-state index contributed by atoms with van der Waals surface area (Å²) >= 11 is 0. The minimum absolute atomic E-state index is 0.119. The molecule has 0 aliphatic carbocycles. The van der Waals surface area contributed by atoms with Crippen molar-refractivity contribution in [2.75, 3.05) is 13.7 Å². The number of rotatable bonds is 4. The minimum Gasteiger partial charge on any atom is -0.496 e. The molecule has 0 unspecified atom stereocenters. The number of hydrogen-bond acceptors (Lipinski definition) is 4. The number of piperidine rings is 1. The van der Waals surface area contributed by atoms with Gasteiger partial charge in [0, 0.05) is 18.6 Å². The van der Waals surface area contributed by atoms with E-state index in [9.17, 15) is 8.42 Å². The summed E-state index contributed by atoms with van der Waals surface area (Å²) in [6.45, 7) is 4.26. The zero-order valence-electron chi connectivity index (χ0n) is 12.9. The fraction of sp³-hybridized carbons (Fsp3) is 0.600. The Kier molecular flexibility index (Phi) is 4.91. The molecule has 0 radical (unpaired) electrons. The molecule has 5 nitrogen and oxygen atoms in total. The van der Waals surface area contributed by atoms with E-state index in [1.807, 2.05) is 13.8 Å². The lowest BCUT2D eigenvalue weighted by molar-refractivity contribution is 0.227. The first-order valence-electron chi connectivity index (χ1n) is 7.30. The second-order valence-electron chi connectivity index (χ2n) is 5.67. The van der Waals surface area contributed by atoms with Gasteiger partial charge >= 0.3 is 0 Å². The molecule has 1 aromatic carbocycles. The first kappa shape index (κ1) is 16.3. The summed E-state index contributed by atoms with van der Waals surface area (Å²) in [5.41, 5.74) is 6.79. The SMILES string of the molecule is COc1ccc(S(=O)(=O)N2CCCC[C@@H]2[C@H](C)N)cc1C. The van der Waals surface area contributed by atoms with Crippen LogP contribution in [0.1, 0.15) is 31.7 Å². The molecule has 6 heteroatoms. The molecule has 2 N–H and O–H groups in total. The van der Waals surface area contributed by atoms with E-state index in [1.165, 1.54) is 0 Å². The van der Waals surface area contributed by atoms with Gasteiger partial charge in [0.2, 0.25) is 10.0 Å². The normalized spacial score (nSPS) is 22.0. The molecule has 1 aromatic rings. The number of methoxy groups -OCH3 is 1. The Bertz CT molecular complexity index is 599. The third-order valence-corrected chi connectivity index (χ3v) is 6.00. The van der Waals surface area contributed by atoms with Crippen LogP contribution in [-0.2, 0) is 10.0 Å². The van der Waals surface area contributed by atoms with Crippen molar-refractivity contribution in [3.63, 3.8) is 0 Å². The molecular weight excluding hydrogens is 288 g/mol. The molecule has 0 spiro atoms. The van der Waals surface area contributed by atoms with E-state index in [2.05, 4.69) is 0 Å². The monoisotopic (exact) mass is 312 g/mol. The van der Waals surface area contributed by atoms with Crippen LogP contribution >= 0.6 is 0 Å². The van der Waals surface area contributed by atoms with Gasteiger partial charge in [-0.2, -0.15) is 4.31 Å². The maximum Gasteiger partial charge on any atom is 0.243 e. The summed E-state index contributed by atoms with van der Waals surface area (Å²) in [6.07, 6.45) is 2.74. The number of sulfonamides is 1. The number of benzene rings is 1. The average molecular weight is 312 g/mol. The van der Waals surface area contributed by atoms with Gasteiger partial charge in [0.15, 0.2) is 0 Å². The predicted molar refractivity (Wildman–Crippen MR) is 82.9 cm³/mol. The Morgan fingerprint density at radius 2 is 2.10 bits per heavy atom. The van der Waals surface area contributed by atoms with Crippen molar-refractivity contribution in [2.45, 2.75) is 50.1 Å². The van der Waals surface area contributed by atoms with Crippen LogP contribution in [0.15, 0.2) is 23.1 Å². The van der Waals surface area contributed by atoms with E-state index in [4.69, 9.17) is 10.5 Å². The molecule has 118 valence electrons. The van der Waals surface area contributed by atoms with Crippen molar-refractivity contribution < 1.29 is 13.2 Å². The standard InChI is InChI=1S/C15H24N2O3S/c1-11-10-13(7-8-15(11)20-3)21(18,19)17-9-5-4-6-14(17)12(2)16/h7-8,10,12,14H,4-6,9,16H2,1-3H3/t12-,14+/m0/s1. The fourth-order valence-corrected chi connectivity index (χ4v) is 4.76. The molecular formula is C15H24N2O3S. The lowest BCUT2D eigenvalue weighted by Crippen LogP contribution is -2.51. The average Bonchev–Trinajstić information content (AvgIpc) is 2.47. The van der Waals surface area contributed by atoms with E-state index in [-0.39, 0.29) is 12.1 Å². The summed E-state index contributed by atoms with van der Waals surface area (Å²) in [6, 6.07) is 4.69. The molecule has 0 aromatic heterocycles. The molecule has 0 saturated carbocycles. The van der Waals surface area contributed by atoms with Crippen LogP contribution in [0.4, 0.5) is 0 Å². The third kappa shape index (κ3) is 3.22. The number of nitrogens with two attached hydrogens (primary N) is 1. The number of hydrogen-bond donors (Lipinski definition) is 1. The van der Waals surface area contributed by atoms with E-state index >= 15 is 0 Å². The third-order valence-electron chi connectivity index (χ3n) is 4.08. The van der Waals surface area contributed by atoms with Crippen LogP contribution in [0.5, 0.6) is 5.75 Å². The van der Waals surface area contributed by atoms with Crippen LogP contribution in [0.3, 0.4) is 0 Å². The number of ether oxygens (including phenoxy) is 1. The maximum atomic E-state index is 12.9. The summed E-state index contributed by atoms with van der Waals surface area (Å²) < 4.78 is 32.5. The number of aryl methyl sites for hydroxylation is 1. The van der Waals surface area contributed by atoms with Crippen molar-refractivity contribution >= 4 is 10.0 Å². The summed E-state index contributed by atoms with van der Waals surface area (Å²) in [5, 5.41) is 0. The highest BCUT2D eigenvalue weighted by atomic mass is 32.2. The van der Waals surface area contributed by atoms with Crippen LogP contribution in [0, 0.1) is 6.92 Å². The van der Waals surface area contributed by atoms with E-state index in [0.717, 1.165) is 24.8 Å². The fourth-order valence-electron chi connectivity index (χ4n) is 2.90. The second kappa shape index (κ2) is 6.34. The Balaban J connectivity index is 2.38. The zero-order valence-corrected chi connectivity index (χ0v) is 13.7. The molecule has 2 rings (SSSR count). The maximum absolute atomic E-state index is 12.9. The lowest BCUT2D eigenvalue weighted by atomic mass is 10.00. The van der Waals surface area contributed by atoms with Crippen molar-refractivity contribution in [3.05, 3.63) is 23.8 Å². The molecule has 1 fully saturated rings. The van der Waals surface area contributed by atoms with Gasteiger partial charge < -0.3 is 10.5 Å². The zero-order chi connectivity index (χ0) is 15.6. The highest BCUT2D eigenvalue weighted by Crippen LogP contribution is 2.29. The van der Waals surface area contributed by atoms with E-state index in [0.29, 0.717) is 17.2 Å². The first-order chi connectivity index (χ1) is 9.87. The summed E-state index contributed by atoms with van der Waals surface area (Å²) in [5.74, 6) is 0.691. The van der Waals surface area contributed by atoms with Crippen molar-refractivity contribution in [3.8, 4) is 5.75 Å². The molecule has 1 aliphatic heterocycles. The van der Waals surface area contributed by atoms with Gasteiger partial charge in [-0.05, 0) is 50.5 Å². The smallest absolute Gasteiger partial charge is 0.243 e. The van der Waals surface area contributed by atoms with Gasteiger partial charge in [-0.15, -0.1) is 0 Å². The Morgan fingerprint density at radius 3 is 2.67 bits per heavy atom. The Hall–Kier alpha value is -1.11.